The van der Waals surface area contributed by atoms with Crippen LogP contribution >= 0.6 is 0 Å². The predicted molar refractivity (Wildman–Crippen MR) is 113 cm³/mol. The number of hydrogen-bond acceptors (Lipinski definition) is 5. The fourth-order valence-corrected chi connectivity index (χ4v) is 3.30. The van der Waals surface area contributed by atoms with Gasteiger partial charge in [-0.2, -0.15) is 10.1 Å². The Hall–Kier alpha value is -3.74. The first kappa shape index (κ1) is 18.6. The summed E-state index contributed by atoms with van der Waals surface area (Å²) in [5.41, 5.74) is 5.63. The molecule has 0 aliphatic rings. The van der Waals surface area contributed by atoms with Gasteiger partial charge in [-0.25, -0.2) is 9.50 Å². The second-order valence-corrected chi connectivity index (χ2v) is 6.85. The largest absolute Gasteiger partial charge is 0.356 e. The molecule has 2 aromatic heterocycles. The van der Waals surface area contributed by atoms with Gasteiger partial charge < -0.3 is 10.6 Å². The Kier molecular flexibility index (Phi) is 5.20. The van der Waals surface area contributed by atoms with Gasteiger partial charge in [-0.1, -0.05) is 18.2 Å². The van der Waals surface area contributed by atoms with E-state index in [4.69, 9.17) is 0 Å². The van der Waals surface area contributed by atoms with Gasteiger partial charge in [0.05, 0.1) is 0 Å². The molecule has 0 fully saturated rings. The molecule has 0 aliphatic heterocycles. The zero-order valence-electron chi connectivity index (χ0n) is 16.4. The van der Waals surface area contributed by atoms with Crippen LogP contribution in [0.25, 0.3) is 5.78 Å². The quantitative estimate of drug-likeness (QED) is 0.522. The van der Waals surface area contributed by atoms with Crippen LogP contribution in [0.1, 0.15) is 23.4 Å². The molecule has 2 heterocycles. The van der Waals surface area contributed by atoms with E-state index in [0.717, 1.165) is 34.0 Å². The van der Waals surface area contributed by atoms with E-state index in [-0.39, 0.29) is 5.91 Å². The smallest absolute Gasteiger partial charge is 0.252 e. The maximum atomic E-state index is 12.4. The molecule has 4 aromatic rings. The first-order chi connectivity index (χ1) is 14.1. The highest BCUT2D eigenvalue weighted by molar-refractivity contribution is 5.91. The van der Waals surface area contributed by atoms with Crippen LogP contribution in [0.15, 0.2) is 60.9 Å². The lowest BCUT2D eigenvalue weighted by molar-refractivity contribution is -0.116. The maximum Gasteiger partial charge on any atom is 0.252 e. The number of aryl methyl sites for hydroxylation is 2. The molecule has 0 spiro atoms. The summed E-state index contributed by atoms with van der Waals surface area (Å²) in [5.74, 6) is 0.545. The Balaban J connectivity index is 1.36. The van der Waals surface area contributed by atoms with Gasteiger partial charge in [0, 0.05) is 34.9 Å². The zero-order valence-corrected chi connectivity index (χ0v) is 16.4. The molecule has 1 amide bonds. The number of rotatable bonds is 6. The lowest BCUT2D eigenvalue weighted by Gasteiger charge is -2.11. The molecule has 0 bridgehead atoms. The lowest BCUT2D eigenvalue weighted by Crippen LogP contribution is -2.14. The standard InChI is InChI=1S/C22H22N6O/c1-15-20(16(2)28-22(25-15)23-14-24-28)12-13-21(29)27-19-10-8-18(9-11-19)26-17-6-4-3-5-7-17/h3-11,14,26H,12-13H2,1-2H3,(H,27,29). The van der Waals surface area contributed by atoms with Crippen LogP contribution in [-0.4, -0.2) is 25.5 Å². The SMILES string of the molecule is Cc1nc2ncnn2c(C)c1CCC(=O)Nc1ccc(Nc2ccccc2)cc1. The van der Waals surface area contributed by atoms with Crippen molar-refractivity contribution in [3.8, 4) is 0 Å². The Morgan fingerprint density at radius 3 is 2.41 bits per heavy atom. The van der Waals surface area contributed by atoms with Crippen LogP contribution < -0.4 is 10.6 Å². The lowest BCUT2D eigenvalue weighted by atomic mass is 10.1. The minimum absolute atomic E-state index is 0.0359. The van der Waals surface area contributed by atoms with Crippen LogP contribution in [0.4, 0.5) is 17.1 Å². The predicted octanol–water partition coefficient (Wildman–Crippen LogP) is 4.06. The van der Waals surface area contributed by atoms with E-state index >= 15 is 0 Å². The number of fused-ring (bicyclic) bond motifs is 1. The van der Waals surface area contributed by atoms with Crippen LogP contribution in [0.2, 0.25) is 0 Å². The molecule has 0 saturated carbocycles. The van der Waals surface area contributed by atoms with Gasteiger partial charge in [-0.05, 0) is 62.2 Å². The van der Waals surface area contributed by atoms with Crippen molar-refractivity contribution in [2.75, 3.05) is 10.6 Å². The summed E-state index contributed by atoms with van der Waals surface area (Å²) in [7, 11) is 0. The molecule has 2 aromatic carbocycles. The van der Waals surface area contributed by atoms with Crippen LogP contribution in [0, 0.1) is 13.8 Å². The van der Waals surface area contributed by atoms with Crippen molar-refractivity contribution in [2.24, 2.45) is 0 Å². The molecule has 0 radical (unpaired) electrons. The van der Waals surface area contributed by atoms with Crippen molar-refractivity contribution in [3.05, 3.63) is 77.9 Å². The third-order valence-electron chi connectivity index (χ3n) is 4.82. The van der Waals surface area contributed by atoms with Gasteiger partial charge in [-0.15, -0.1) is 0 Å². The van der Waals surface area contributed by atoms with Crippen LogP contribution in [-0.2, 0) is 11.2 Å². The highest BCUT2D eigenvalue weighted by atomic mass is 16.1. The fourth-order valence-electron chi connectivity index (χ4n) is 3.30. The molecule has 29 heavy (non-hydrogen) atoms. The Labute approximate surface area is 168 Å². The number of anilines is 3. The van der Waals surface area contributed by atoms with E-state index < -0.39 is 0 Å². The van der Waals surface area contributed by atoms with E-state index in [0.29, 0.717) is 18.6 Å². The summed E-state index contributed by atoms with van der Waals surface area (Å²) in [4.78, 5) is 21.0. The minimum Gasteiger partial charge on any atom is -0.356 e. The van der Waals surface area contributed by atoms with E-state index in [1.807, 2.05) is 68.4 Å². The summed E-state index contributed by atoms with van der Waals surface area (Å²) in [6.45, 7) is 3.91. The minimum atomic E-state index is -0.0359. The number of aromatic nitrogens is 4. The summed E-state index contributed by atoms with van der Waals surface area (Å²) in [6.07, 6.45) is 2.45. The number of hydrogen-bond donors (Lipinski definition) is 2. The van der Waals surface area contributed by atoms with Crippen molar-refractivity contribution >= 4 is 28.7 Å². The Bertz CT molecular complexity index is 1140. The summed E-state index contributed by atoms with van der Waals surface area (Å²) in [5, 5.41) is 10.5. The summed E-state index contributed by atoms with van der Waals surface area (Å²) in [6, 6.07) is 17.6. The number of nitrogens with zero attached hydrogens (tertiary/aromatic N) is 4. The van der Waals surface area contributed by atoms with Gasteiger partial charge in [-0.3, -0.25) is 4.79 Å². The molecule has 0 atom stereocenters. The van der Waals surface area contributed by atoms with Gasteiger partial charge in [0.1, 0.15) is 6.33 Å². The van der Waals surface area contributed by atoms with Crippen LogP contribution in [0.3, 0.4) is 0 Å². The van der Waals surface area contributed by atoms with Crippen molar-refractivity contribution < 1.29 is 4.79 Å². The van der Waals surface area contributed by atoms with E-state index in [2.05, 4.69) is 25.7 Å². The second kappa shape index (κ2) is 8.10. The monoisotopic (exact) mass is 386 g/mol. The molecule has 0 unspecified atom stereocenters. The zero-order chi connectivity index (χ0) is 20.2. The van der Waals surface area contributed by atoms with Crippen molar-refractivity contribution in [1.82, 2.24) is 19.6 Å². The number of para-hydroxylation sites is 1. The first-order valence-corrected chi connectivity index (χ1v) is 9.48. The highest BCUT2D eigenvalue weighted by Crippen LogP contribution is 2.19. The third kappa shape index (κ3) is 4.24. The Morgan fingerprint density at radius 2 is 1.66 bits per heavy atom. The Morgan fingerprint density at radius 1 is 0.966 bits per heavy atom. The van der Waals surface area contributed by atoms with Gasteiger partial charge in [0.25, 0.3) is 5.78 Å². The third-order valence-corrected chi connectivity index (χ3v) is 4.82. The number of carbonyl (C=O) groups excluding carboxylic acids is 1. The fraction of sp³-hybridized carbons (Fsp3) is 0.182. The molecule has 7 heteroatoms. The van der Waals surface area contributed by atoms with Gasteiger partial charge in [0.2, 0.25) is 5.91 Å². The molecule has 0 aliphatic carbocycles. The molecular weight excluding hydrogens is 364 g/mol. The molecular formula is C22H22N6O. The highest BCUT2D eigenvalue weighted by Gasteiger charge is 2.12. The summed E-state index contributed by atoms with van der Waals surface area (Å²) >= 11 is 0. The van der Waals surface area contributed by atoms with E-state index in [9.17, 15) is 4.79 Å². The van der Waals surface area contributed by atoms with Gasteiger partial charge >= 0.3 is 0 Å². The normalized spacial score (nSPS) is 10.8. The average Bonchev–Trinajstić information content (AvgIpc) is 3.19. The summed E-state index contributed by atoms with van der Waals surface area (Å²) < 4.78 is 1.71. The number of amides is 1. The van der Waals surface area contributed by atoms with Crippen molar-refractivity contribution in [3.63, 3.8) is 0 Å². The van der Waals surface area contributed by atoms with Crippen molar-refractivity contribution in [1.29, 1.82) is 0 Å². The van der Waals surface area contributed by atoms with E-state index in [1.165, 1.54) is 6.33 Å². The maximum absolute atomic E-state index is 12.4. The molecule has 0 saturated heterocycles. The van der Waals surface area contributed by atoms with E-state index in [1.54, 1.807) is 4.52 Å². The van der Waals surface area contributed by atoms with Crippen LogP contribution in [0.5, 0.6) is 0 Å². The average molecular weight is 386 g/mol. The second-order valence-electron chi connectivity index (χ2n) is 6.85. The van der Waals surface area contributed by atoms with Gasteiger partial charge in [0.15, 0.2) is 0 Å². The molecule has 4 rings (SSSR count). The number of nitrogens with one attached hydrogen (secondary N) is 2. The van der Waals surface area contributed by atoms with Crippen molar-refractivity contribution in [2.45, 2.75) is 26.7 Å². The molecule has 7 nitrogen and oxygen atoms in total. The topological polar surface area (TPSA) is 84.2 Å². The molecule has 2 N–H and O–H groups in total. The number of carbonyl (C=O) groups is 1. The number of benzene rings is 2. The molecule has 146 valence electrons. The first-order valence-electron chi connectivity index (χ1n) is 9.48.